The van der Waals surface area contributed by atoms with Crippen molar-refractivity contribution >= 4 is 22.5 Å². The highest BCUT2D eigenvalue weighted by molar-refractivity contribution is 7.19. The summed E-state index contributed by atoms with van der Waals surface area (Å²) in [5.41, 5.74) is 2.29. The van der Waals surface area contributed by atoms with E-state index in [9.17, 15) is 4.79 Å². The molecule has 11 nitrogen and oxygen atoms in total. The van der Waals surface area contributed by atoms with E-state index in [1.54, 1.807) is 6.20 Å². The molecule has 2 amide bonds. The molecule has 1 aliphatic rings. The van der Waals surface area contributed by atoms with Gasteiger partial charge in [-0.05, 0) is 19.9 Å². The summed E-state index contributed by atoms with van der Waals surface area (Å²) < 4.78 is 16.8. The van der Waals surface area contributed by atoms with Crippen LogP contribution in [-0.4, -0.2) is 76.9 Å². The van der Waals surface area contributed by atoms with Crippen LogP contribution in [0.3, 0.4) is 0 Å². The Balaban J connectivity index is 1.31. The number of oxazole rings is 1. The van der Waals surface area contributed by atoms with Crippen LogP contribution in [0.5, 0.6) is 6.01 Å². The number of hydrogen-bond acceptors (Lipinski definition) is 10. The van der Waals surface area contributed by atoms with Crippen molar-refractivity contribution in [2.45, 2.75) is 33.6 Å². The Morgan fingerprint density at radius 1 is 1.23 bits per heavy atom. The standard InChI is InChI=1S/C23H31N7O4S/c1-4-17-14-25-19(34-17)5-6-24-21(31)29-23-27-16(3)20(35-23)18-13-15(2)26-22(28-18)33-12-9-30-7-10-32-11-8-30/h13-14H,4-12H2,1-3H3,(H2,24,27,29,31). The van der Waals surface area contributed by atoms with Crippen LogP contribution in [0.2, 0.25) is 0 Å². The van der Waals surface area contributed by atoms with Gasteiger partial charge in [0.2, 0.25) is 0 Å². The van der Waals surface area contributed by atoms with E-state index in [0.29, 0.717) is 36.6 Å². The van der Waals surface area contributed by atoms with Crippen LogP contribution in [0.1, 0.15) is 30.0 Å². The predicted molar refractivity (Wildman–Crippen MR) is 132 cm³/mol. The summed E-state index contributed by atoms with van der Waals surface area (Å²) in [5, 5.41) is 6.09. The number of nitrogens with one attached hydrogen (secondary N) is 2. The second-order valence-corrected chi connectivity index (χ2v) is 9.12. The van der Waals surface area contributed by atoms with E-state index in [2.05, 4.69) is 35.5 Å². The number of hydrogen-bond donors (Lipinski definition) is 2. The fourth-order valence-electron chi connectivity index (χ4n) is 3.55. The molecule has 3 aromatic heterocycles. The maximum absolute atomic E-state index is 12.3. The second kappa shape index (κ2) is 12.0. The first-order valence-corrected chi connectivity index (χ1v) is 12.6. The molecule has 12 heteroatoms. The lowest BCUT2D eigenvalue weighted by molar-refractivity contribution is 0.0317. The van der Waals surface area contributed by atoms with Gasteiger partial charge < -0.3 is 19.2 Å². The number of rotatable bonds is 10. The Kier molecular flexibility index (Phi) is 8.61. The van der Waals surface area contributed by atoms with Gasteiger partial charge in [0, 0.05) is 44.7 Å². The molecule has 0 spiro atoms. The van der Waals surface area contributed by atoms with Crippen molar-refractivity contribution in [3.8, 4) is 16.6 Å². The van der Waals surface area contributed by atoms with E-state index in [-0.39, 0.29) is 6.03 Å². The molecule has 0 bridgehead atoms. The molecule has 3 aromatic rings. The van der Waals surface area contributed by atoms with Crippen molar-refractivity contribution in [1.82, 2.24) is 30.2 Å². The molecular formula is C23H31N7O4S. The van der Waals surface area contributed by atoms with Gasteiger partial charge >= 0.3 is 12.0 Å². The van der Waals surface area contributed by atoms with E-state index >= 15 is 0 Å². The number of ether oxygens (including phenoxy) is 2. The van der Waals surface area contributed by atoms with Gasteiger partial charge in [-0.2, -0.15) is 4.98 Å². The van der Waals surface area contributed by atoms with Crippen molar-refractivity contribution in [3.05, 3.63) is 35.3 Å². The quantitative estimate of drug-likeness (QED) is 0.431. The SMILES string of the molecule is CCc1cnc(CCNC(=O)Nc2nc(C)c(-c3cc(C)nc(OCCN4CCOCC4)n3)s2)o1. The largest absolute Gasteiger partial charge is 0.462 e. The highest BCUT2D eigenvalue weighted by Crippen LogP contribution is 2.32. The van der Waals surface area contributed by atoms with Crippen LogP contribution in [0, 0.1) is 13.8 Å². The van der Waals surface area contributed by atoms with E-state index in [1.807, 2.05) is 26.8 Å². The fourth-order valence-corrected chi connectivity index (χ4v) is 4.47. The zero-order valence-electron chi connectivity index (χ0n) is 20.3. The number of nitrogens with zero attached hydrogens (tertiary/aromatic N) is 5. The first-order chi connectivity index (χ1) is 17.0. The van der Waals surface area contributed by atoms with Gasteiger partial charge in [0.1, 0.15) is 12.4 Å². The van der Waals surface area contributed by atoms with Crippen LogP contribution in [0.4, 0.5) is 9.93 Å². The van der Waals surface area contributed by atoms with Crippen LogP contribution in [0.25, 0.3) is 10.6 Å². The first-order valence-electron chi connectivity index (χ1n) is 11.7. The first kappa shape index (κ1) is 25.0. The average molecular weight is 502 g/mol. The number of carbonyl (C=O) groups is 1. The lowest BCUT2D eigenvalue weighted by atomic mass is 10.2. The summed E-state index contributed by atoms with van der Waals surface area (Å²) in [5.74, 6) is 1.44. The van der Waals surface area contributed by atoms with Gasteiger partial charge in [-0.1, -0.05) is 18.3 Å². The Labute approximate surface area is 208 Å². The lowest BCUT2D eigenvalue weighted by Crippen LogP contribution is -2.38. The molecule has 0 saturated carbocycles. The highest BCUT2D eigenvalue weighted by Gasteiger charge is 2.16. The number of thiazole rings is 1. The molecule has 1 saturated heterocycles. The van der Waals surface area contributed by atoms with Gasteiger partial charge in [0.05, 0.1) is 35.7 Å². The third-order valence-corrected chi connectivity index (χ3v) is 6.50. The molecule has 4 rings (SSSR count). The van der Waals surface area contributed by atoms with Crippen LogP contribution < -0.4 is 15.4 Å². The molecule has 35 heavy (non-hydrogen) atoms. The Morgan fingerprint density at radius 2 is 2.06 bits per heavy atom. The van der Waals surface area contributed by atoms with Gasteiger partial charge in [-0.25, -0.2) is 19.7 Å². The Hall–Kier alpha value is -3.09. The summed E-state index contributed by atoms with van der Waals surface area (Å²) in [4.78, 5) is 33.1. The lowest BCUT2D eigenvalue weighted by Gasteiger charge is -2.26. The molecular weight excluding hydrogens is 470 g/mol. The predicted octanol–water partition coefficient (Wildman–Crippen LogP) is 2.84. The summed E-state index contributed by atoms with van der Waals surface area (Å²) in [6, 6.07) is 1.89. The number of morpholine rings is 1. The zero-order valence-corrected chi connectivity index (χ0v) is 21.1. The molecule has 1 aliphatic heterocycles. The van der Waals surface area contributed by atoms with Crippen molar-refractivity contribution in [3.63, 3.8) is 0 Å². The number of urea groups is 1. The molecule has 0 atom stereocenters. The van der Waals surface area contributed by atoms with Crippen molar-refractivity contribution in [2.24, 2.45) is 0 Å². The molecule has 2 N–H and O–H groups in total. The molecule has 188 valence electrons. The average Bonchev–Trinajstić information content (AvgIpc) is 3.45. The van der Waals surface area contributed by atoms with Gasteiger partial charge in [0.15, 0.2) is 11.0 Å². The minimum Gasteiger partial charge on any atom is -0.462 e. The minimum atomic E-state index is -0.335. The molecule has 0 aromatic carbocycles. The summed E-state index contributed by atoms with van der Waals surface area (Å²) in [6.07, 6.45) is 3.02. The van der Waals surface area contributed by atoms with Gasteiger partial charge in [-0.3, -0.25) is 10.2 Å². The van der Waals surface area contributed by atoms with E-state index < -0.39 is 0 Å². The smallest absolute Gasteiger partial charge is 0.321 e. The van der Waals surface area contributed by atoms with Gasteiger partial charge in [0.25, 0.3) is 0 Å². The number of amides is 2. The topological polar surface area (TPSA) is 128 Å². The maximum Gasteiger partial charge on any atom is 0.321 e. The third-order valence-electron chi connectivity index (χ3n) is 5.40. The second-order valence-electron chi connectivity index (χ2n) is 8.12. The number of carbonyl (C=O) groups excluding carboxylic acids is 1. The van der Waals surface area contributed by atoms with Crippen LogP contribution >= 0.6 is 11.3 Å². The molecule has 0 aliphatic carbocycles. The number of aryl methyl sites for hydroxylation is 3. The van der Waals surface area contributed by atoms with E-state index in [0.717, 1.165) is 67.0 Å². The monoisotopic (exact) mass is 501 g/mol. The summed E-state index contributed by atoms with van der Waals surface area (Å²) in [6.45, 7) is 10.8. The van der Waals surface area contributed by atoms with Crippen LogP contribution in [-0.2, 0) is 17.6 Å². The van der Waals surface area contributed by atoms with E-state index in [1.165, 1.54) is 11.3 Å². The highest BCUT2D eigenvalue weighted by atomic mass is 32.1. The van der Waals surface area contributed by atoms with Crippen molar-refractivity contribution in [1.29, 1.82) is 0 Å². The Bertz CT molecular complexity index is 1130. The van der Waals surface area contributed by atoms with Crippen LogP contribution in [0.15, 0.2) is 16.7 Å². The zero-order chi connectivity index (χ0) is 24.6. The molecule has 0 radical (unpaired) electrons. The van der Waals surface area contributed by atoms with Crippen molar-refractivity contribution < 1.29 is 18.7 Å². The number of anilines is 1. The summed E-state index contributed by atoms with van der Waals surface area (Å²) >= 11 is 1.36. The Morgan fingerprint density at radius 3 is 2.83 bits per heavy atom. The normalized spacial score (nSPS) is 14.1. The third kappa shape index (κ3) is 7.20. The van der Waals surface area contributed by atoms with Gasteiger partial charge in [-0.15, -0.1) is 0 Å². The van der Waals surface area contributed by atoms with E-state index in [4.69, 9.17) is 13.9 Å². The molecule has 4 heterocycles. The minimum absolute atomic E-state index is 0.335. The molecule has 0 unspecified atom stereocenters. The summed E-state index contributed by atoms with van der Waals surface area (Å²) in [7, 11) is 0. The maximum atomic E-state index is 12.3. The van der Waals surface area contributed by atoms with Crippen molar-refractivity contribution in [2.75, 3.05) is 51.3 Å². The fraction of sp³-hybridized carbons (Fsp3) is 0.522. The molecule has 1 fully saturated rings. The number of aromatic nitrogens is 4.